The molecular formula is C9H11BrClNO2. The van der Waals surface area contributed by atoms with Crippen LogP contribution in [0.4, 0.5) is 0 Å². The Morgan fingerprint density at radius 3 is 2.93 bits per heavy atom. The summed E-state index contributed by atoms with van der Waals surface area (Å²) in [5.74, 6) is 0.0155. The number of furan rings is 1. The van der Waals surface area contributed by atoms with Gasteiger partial charge in [-0.1, -0.05) is 15.9 Å². The molecule has 1 rings (SSSR count). The summed E-state index contributed by atoms with van der Waals surface area (Å²) >= 11 is 8.85. The smallest absolute Gasteiger partial charge is 0.287 e. The lowest BCUT2D eigenvalue weighted by molar-refractivity contribution is 0.0911. The Bertz CT molecular complexity index is 314. The van der Waals surface area contributed by atoms with E-state index in [9.17, 15) is 4.79 Å². The van der Waals surface area contributed by atoms with Gasteiger partial charge in [0, 0.05) is 11.4 Å². The van der Waals surface area contributed by atoms with E-state index in [1.807, 2.05) is 6.92 Å². The molecule has 0 spiro atoms. The third-order valence-corrected chi connectivity index (χ3v) is 2.38. The topological polar surface area (TPSA) is 42.2 Å². The van der Waals surface area contributed by atoms with Crippen LogP contribution >= 0.6 is 27.5 Å². The third-order valence-electron chi connectivity index (χ3n) is 1.72. The largest absolute Gasteiger partial charge is 0.440 e. The molecule has 0 aliphatic rings. The monoisotopic (exact) mass is 279 g/mol. The van der Waals surface area contributed by atoms with E-state index in [1.54, 1.807) is 12.1 Å². The number of rotatable bonds is 4. The van der Waals surface area contributed by atoms with Gasteiger partial charge in [-0.25, -0.2) is 0 Å². The Labute approximate surface area is 95.9 Å². The van der Waals surface area contributed by atoms with Crippen LogP contribution < -0.4 is 5.32 Å². The zero-order chi connectivity index (χ0) is 10.6. The third kappa shape index (κ3) is 3.35. The summed E-state index contributed by atoms with van der Waals surface area (Å²) in [4.78, 5) is 11.5. The van der Waals surface area contributed by atoms with Gasteiger partial charge in [-0.05, 0) is 37.1 Å². The molecule has 78 valence electrons. The standard InChI is InChI=1S/C9H11BrClNO2/c1-6(4-5-10)12-9(13)7-2-3-8(11)14-7/h2-3,6H,4-5H2,1H3,(H,12,13). The van der Waals surface area contributed by atoms with Gasteiger partial charge in [0.25, 0.3) is 5.91 Å². The summed E-state index contributed by atoms with van der Waals surface area (Å²) in [6.07, 6.45) is 0.875. The predicted octanol–water partition coefficient (Wildman–Crippen LogP) is 2.84. The van der Waals surface area contributed by atoms with Gasteiger partial charge < -0.3 is 9.73 Å². The SMILES string of the molecule is CC(CCBr)NC(=O)c1ccc(Cl)o1. The van der Waals surface area contributed by atoms with Crippen molar-refractivity contribution in [2.45, 2.75) is 19.4 Å². The van der Waals surface area contributed by atoms with Crippen LogP contribution in [0.15, 0.2) is 16.5 Å². The number of amides is 1. The van der Waals surface area contributed by atoms with Crippen molar-refractivity contribution in [3.05, 3.63) is 23.1 Å². The second-order valence-corrected chi connectivity index (χ2v) is 4.12. The van der Waals surface area contributed by atoms with Gasteiger partial charge in [0.15, 0.2) is 11.0 Å². The van der Waals surface area contributed by atoms with Crippen molar-refractivity contribution < 1.29 is 9.21 Å². The van der Waals surface area contributed by atoms with E-state index < -0.39 is 0 Å². The van der Waals surface area contributed by atoms with Crippen molar-refractivity contribution in [1.29, 1.82) is 0 Å². The lowest BCUT2D eigenvalue weighted by atomic mass is 10.2. The number of halogens is 2. The summed E-state index contributed by atoms with van der Waals surface area (Å²) in [6, 6.07) is 3.22. The molecule has 0 fully saturated rings. The van der Waals surface area contributed by atoms with Crippen LogP contribution in [-0.2, 0) is 0 Å². The van der Waals surface area contributed by atoms with E-state index in [4.69, 9.17) is 16.0 Å². The highest BCUT2D eigenvalue weighted by molar-refractivity contribution is 9.09. The van der Waals surface area contributed by atoms with Gasteiger partial charge in [-0.15, -0.1) is 0 Å². The van der Waals surface area contributed by atoms with Gasteiger partial charge >= 0.3 is 0 Å². The lowest BCUT2D eigenvalue weighted by Crippen LogP contribution is -2.32. The zero-order valence-electron chi connectivity index (χ0n) is 7.72. The number of hydrogen-bond acceptors (Lipinski definition) is 2. The Kier molecular flexibility index (Phi) is 4.48. The van der Waals surface area contributed by atoms with Gasteiger partial charge in [0.2, 0.25) is 0 Å². The molecular weight excluding hydrogens is 269 g/mol. The fourth-order valence-electron chi connectivity index (χ4n) is 0.967. The van der Waals surface area contributed by atoms with E-state index in [2.05, 4.69) is 21.2 Å². The number of nitrogens with one attached hydrogen (secondary N) is 1. The molecule has 3 nitrogen and oxygen atoms in total. The minimum Gasteiger partial charge on any atom is -0.440 e. The zero-order valence-corrected chi connectivity index (χ0v) is 10.1. The molecule has 1 atom stereocenters. The first-order chi connectivity index (χ1) is 6.63. The highest BCUT2D eigenvalue weighted by Gasteiger charge is 2.12. The fraction of sp³-hybridized carbons (Fsp3) is 0.444. The second-order valence-electron chi connectivity index (χ2n) is 2.96. The van der Waals surface area contributed by atoms with E-state index in [1.165, 1.54) is 0 Å². The van der Waals surface area contributed by atoms with Gasteiger partial charge in [-0.3, -0.25) is 4.79 Å². The maximum absolute atomic E-state index is 11.5. The molecule has 0 aliphatic heterocycles. The molecule has 0 bridgehead atoms. The van der Waals surface area contributed by atoms with Gasteiger partial charge in [0.05, 0.1) is 0 Å². The molecule has 0 saturated carbocycles. The number of alkyl halides is 1. The molecule has 1 unspecified atom stereocenters. The first-order valence-electron chi connectivity index (χ1n) is 4.25. The maximum Gasteiger partial charge on any atom is 0.287 e. The normalized spacial score (nSPS) is 12.5. The summed E-state index contributed by atoms with van der Waals surface area (Å²) in [6.45, 7) is 1.93. The molecule has 5 heteroatoms. The van der Waals surface area contributed by atoms with Gasteiger partial charge in [0.1, 0.15) is 0 Å². The molecule has 1 aromatic rings. The fourth-order valence-corrected chi connectivity index (χ4v) is 1.80. The predicted molar refractivity (Wildman–Crippen MR) is 59.1 cm³/mol. The first-order valence-corrected chi connectivity index (χ1v) is 5.75. The minimum absolute atomic E-state index is 0.116. The van der Waals surface area contributed by atoms with Crippen molar-refractivity contribution in [2.75, 3.05) is 5.33 Å². The Balaban J connectivity index is 2.50. The molecule has 0 saturated heterocycles. The van der Waals surface area contributed by atoms with Crippen LogP contribution in [0.1, 0.15) is 23.9 Å². The Hall–Kier alpha value is -0.480. The second kappa shape index (κ2) is 5.41. The van der Waals surface area contributed by atoms with Crippen LogP contribution in [0.5, 0.6) is 0 Å². The summed E-state index contributed by atoms with van der Waals surface area (Å²) in [7, 11) is 0. The quantitative estimate of drug-likeness (QED) is 0.862. The van der Waals surface area contributed by atoms with Crippen LogP contribution in [-0.4, -0.2) is 17.3 Å². The van der Waals surface area contributed by atoms with Crippen LogP contribution in [0.3, 0.4) is 0 Å². The van der Waals surface area contributed by atoms with E-state index in [0.29, 0.717) is 0 Å². The van der Waals surface area contributed by atoms with Gasteiger partial charge in [-0.2, -0.15) is 0 Å². The molecule has 14 heavy (non-hydrogen) atoms. The number of carbonyl (C=O) groups is 1. The van der Waals surface area contributed by atoms with Crippen LogP contribution in [0, 0.1) is 0 Å². The van der Waals surface area contributed by atoms with E-state index >= 15 is 0 Å². The molecule has 0 radical (unpaired) electrons. The van der Waals surface area contributed by atoms with Crippen molar-refractivity contribution in [3.8, 4) is 0 Å². The molecule has 1 amide bonds. The molecule has 0 aliphatic carbocycles. The molecule has 1 aromatic heterocycles. The summed E-state index contributed by atoms with van der Waals surface area (Å²) in [5.41, 5.74) is 0. The molecule has 1 heterocycles. The number of hydrogen-bond donors (Lipinski definition) is 1. The Morgan fingerprint density at radius 1 is 1.71 bits per heavy atom. The first kappa shape index (κ1) is 11.6. The molecule has 0 aromatic carbocycles. The highest BCUT2D eigenvalue weighted by Crippen LogP contribution is 2.13. The minimum atomic E-state index is -0.231. The number of carbonyl (C=O) groups excluding carboxylic acids is 1. The van der Waals surface area contributed by atoms with Crippen molar-refractivity contribution in [1.82, 2.24) is 5.32 Å². The van der Waals surface area contributed by atoms with E-state index in [0.717, 1.165) is 11.8 Å². The highest BCUT2D eigenvalue weighted by atomic mass is 79.9. The van der Waals surface area contributed by atoms with Crippen molar-refractivity contribution in [2.24, 2.45) is 0 Å². The van der Waals surface area contributed by atoms with Crippen molar-refractivity contribution >= 4 is 33.4 Å². The average Bonchev–Trinajstić information content (AvgIpc) is 2.52. The van der Waals surface area contributed by atoms with Crippen LogP contribution in [0.25, 0.3) is 0 Å². The van der Waals surface area contributed by atoms with Crippen LogP contribution in [0.2, 0.25) is 5.22 Å². The maximum atomic E-state index is 11.5. The average molecular weight is 281 g/mol. The Morgan fingerprint density at radius 2 is 2.43 bits per heavy atom. The summed E-state index contributed by atoms with van der Waals surface area (Å²) in [5, 5.41) is 3.87. The lowest BCUT2D eigenvalue weighted by Gasteiger charge is -2.10. The van der Waals surface area contributed by atoms with E-state index in [-0.39, 0.29) is 22.9 Å². The molecule has 1 N–H and O–H groups in total. The summed E-state index contributed by atoms with van der Waals surface area (Å²) < 4.78 is 4.97. The van der Waals surface area contributed by atoms with Crippen molar-refractivity contribution in [3.63, 3.8) is 0 Å².